The van der Waals surface area contributed by atoms with E-state index < -0.39 is 24.4 Å². The molecule has 0 saturated carbocycles. The van der Waals surface area contributed by atoms with Gasteiger partial charge < -0.3 is 5.11 Å². The van der Waals surface area contributed by atoms with Crippen molar-refractivity contribution in [2.24, 2.45) is 0 Å². The number of hydrogen-bond donors (Lipinski definition) is 1. The Morgan fingerprint density at radius 1 is 1.57 bits per heavy atom. The topological polar surface area (TPSA) is 50.2 Å². The minimum Gasteiger partial charge on any atom is -0.481 e. The Balaban J connectivity index is 3.09. The van der Waals surface area contributed by atoms with Gasteiger partial charge in [-0.2, -0.15) is 0 Å². The summed E-state index contributed by atoms with van der Waals surface area (Å²) in [6.45, 7) is 0. The summed E-state index contributed by atoms with van der Waals surface area (Å²) < 4.78 is 24.7. The van der Waals surface area contributed by atoms with E-state index in [4.69, 9.17) is 16.7 Å². The number of halogens is 3. The maximum Gasteiger partial charge on any atom is 0.309 e. The Kier molecular flexibility index (Phi) is 3.35. The van der Waals surface area contributed by atoms with Gasteiger partial charge in [-0.05, 0) is 12.1 Å². The van der Waals surface area contributed by atoms with Crippen LogP contribution in [0.3, 0.4) is 0 Å². The standard InChI is InChI=1S/C8H6ClF2NO2/c9-6-2-1-4(8(10)11)5(12-6)3-7(13)14/h1-2,8H,3H2,(H,13,14). The number of rotatable bonds is 3. The van der Waals surface area contributed by atoms with Gasteiger partial charge in [-0.1, -0.05) is 11.6 Å². The summed E-state index contributed by atoms with van der Waals surface area (Å²) in [6.07, 6.45) is -3.30. The lowest BCUT2D eigenvalue weighted by atomic mass is 10.1. The molecule has 0 aliphatic carbocycles. The maximum atomic E-state index is 12.3. The first-order valence-corrected chi connectivity index (χ1v) is 4.03. The van der Waals surface area contributed by atoms with Crippen LogP contribution in [0.25, 0.3) is 0 Å². The van der Waals surface area contributed by atoms with E-state index in [2.05, 4.69) is 4.98 Å². The van der Waals surface area contributed by atoms with Gasteiger partial charge in [0.05, 0.1) is 12.1 Å². The summed E-state index contributed by atoms with van der Waals surface area (Å²) in [5.74, 6) is -1.22. The molecule has 6 heteroatoms. The highest BCUT2D eigenvalue weighted by Crippen LogP contribution is 2.23. The molecule has 0 amide bonds. The largest absolute Gasteiger partial charge is 0.481 e. The van der Waals surface area contributed by atoms with Crippen LogP contribution in [0.5, 0.6) is 0 Å². The van der Waals surface area contributed by atoms with Crippen molar-refractivity contribution in [1.29, 1.82) is 0 Å². The molecule has 0 atom stereocenters. The zero-order valence-electron chi connectivity index (χ0n) is 6.88. The molecule has 0 bridgehead atoms. The zero-order valence-corrected chi connectivity index (χ0v) is 7.63. The van der Waals surface area contributed by atoms with Crippen LogP contribution < -0.4 is 0 Å². The molecular formula is C8H6ClF2NO2. The van der Waals surface area contributed by atoms with Gasteiger partial charge in [-0.15, -0.1) is 0 Å². The second-order valence-electron chi connectivity index (χ2n) is 2.54. The fourth-order valence-electron chi connectivity index (χ4n) is 0.969. The first-order valence-electron chi connectivity index (χ1n) is 3.66. The average molecular weight is 222 g/mol. The van der Waals surface area contributed by atoms with Crippen molar-refractivity contribution in [1.82, 2.24) is 4.98 Å². The van der Waals surface area contributed by atoms with Gasteiger partial charge in [0.2, 0.25) is 0 Å². The van der Waals surface area contributed by atoms with Gasteiger partial charge in [0, 0.05) is 5.56 Å². The Hall–Kier alpha value is -1.23. The van der Waals surface area contributed by atoms with Crippen molar-refractivity contribution in [3.8, 4) is 0 Å². The van der Waals surface area contributed by atoms with Crippen LogP contribution in [0.1, 0.15) is 17.7 Å². The number of carboxylic acids is 1. The fourth-order valence-corrected chi connectivity index (χ4v) is 1.13. The van der Waals surface area contributed by atoms with E-state index in [1.54, 1.807) is 0 Å². The van der Waals surface area contributed by atoms with Gasteiger partial charge in [0.1, 0.15) is 5.15 Å². The molecule has 0 aromatic carbocycles. The number of nitrogens with zero attached hydrogens (tertiary/aromatic N) is 1. The molecule has 0 unspecified atom stereocenters. The molecule has 14 heavy (non-hydrogen) atoms. The van der Waals surface area contributed by atoms with Gasteiger partial charge in [0.25, 0.3) is 6.43 Å². The summed E-state index contributed by atoms with van der Waals surface area (Å²) in [5, 5.41) is 8.44. The predicted molar refractivity (Wildman–Crippen MR) is 45.5 cm³/mol. The van der Waals surface area contributed by atoms with Crippen molar-refractivity contribution < 1.29 is 18.7 Å². The molecule has 0 radical (unpaired) electrons. The first kappa shape index (κ1) is 10.8. The van der Waals surface area contributed by atoms with Crippen LogP contribution in [0.2, 0.25) is 5.15 Å². The second-order valence-corrected chi connectivity index (χ2v) is 2.93. The molecule has 1 aromatic rings. The third kappa shape index (κ3) is 2.63. The number of alkyl halides is 2. The second kappa shape index (κ2) is 4.32. The number of carbonyl (C=O) groups is 1. The SMILES string of the molecule is O=C(O)Cc1nc(Cl)ccc1C(F)F. The van der Waals surface area contributed by atoms with Gasteiger partial charge in [-0.3, -0.25) is 4.79 Å². The predicted octanol–water partition coefficient (Wildman–Crippen LogP) is 2.30. The van der Waals surface area contributed by atoms with Crippen molar-refractivity contribution >= 4 is 17.6 Å². The molecule has 1 heterocycles. The first-order chi connectivity index (χ1) is 6.50. The van der Waals surface area contributed by atoms with Crippen molar-refractivity contribution in [2.75, 3.05) is 0 Å². The Labute approximate surface area is 83.3 Å². The van der Waals surface area contributed by atoms with Gasteiger partial charge in [-0.25, -0.2) is 13.8 Å². The monoisotopic (exact) mass is 221 g/mol. The van der Waals surface area contributed by atoms with Crippen LogP contribution in [0.4, 0.5) is 8.78 Å². The summed E-state index contributed by atoms with van der Waals surface area (Å²) in [5.41, 5.74) is -0.586. The number of hydrogen-bond acceptors (Lipinski definition) is 2. The van der Waals surface area contributed by atoms with Crippen molar-refractivity contribution in [2.45, 2.75) is 12.8 Å². The molecule has 0 aliphatic heterocycles. The molecule has 0 aliphatic rings. The lowest BCUT2D eigenvalue weighted by Crippen LogP contribution is -2.06. The Morgan fingerprint density at radius 2 is 2.21 bits per heavy atom. The Bertz CT molecular complexity index is 357. The molecule has 1 aromatic heterocycles. The highest BCUT2D eigenvalue weighted by atomic mass is 35.5. The van der Waals surface area contributed by atoms with E-state index in [-0.39, 0.29) is 10.8 Å². The lowest BCUT2D eigenvalue weighted by molar-refractivity contribution is -0.136. The minimum atomic E-state index is -2.74. The third-order valence-electron chi connectivity index (χ3n) is 1.53. The average Bonchev–Trinajstić information content (AvgIpc) is 2.01. The van der Waals surface area contributed by atoms with Crippen LogP contribution >= 0.6 is 11.6 Å². The molecule has 1 rings (SSSR count). The normalized spacial score (nSPS) is 10.6. The Morgan fingerprint density at radius 3 is 2.71 bits per heavy atom. The number of pyridine rings is 1. The van der Waals surface area contributed by atoms with Gasteiger partial charge >= 0.3 is 5.97 Å². The molecule has 0 saturated heterocycles. The molecule has 1 N–H and O–H groups in total. The minimum absolute atomic E-state index is 0.00523. The van der Waals surface area contributed by atoms with E-state index >= 15 is 0 Å². The molecule has 0 spiro atoms. The number of aliphatic carboxylic acids is 1. The molecular weight excluding hydrogens is 216 g/mol. The zero-order chi connectivity index (χ0) is 10.7. The molecule has 3 nitrogen and oxygen atoms in total. The van der Waals surface area contributed by atoms with E-state index in [1.165, 1.54) is 6.07 Å². The number of aromatic nitrogens is 1. The van der Waals surface area contributed by atoms with E-state index in [9.17, 15) is 13.6 Å². The van der Waals surface area contributed by atoms with E-state index in [0.29, 0.717) is 0 Å². The quantitative estimate of drug-likeness (QED) is 0.797. The number of carboxylic acid groups (broad SMARTS) is 1. The molecule has 0 fully saturated rings. The van der Waals surface area contributed by atoms with Gasteiger partial charge in [0.15, 0.2) is 0 Å². The van der Waals surface area contributed by atoms with Crippen LogP contribution in [-0.4, -0.2) is 16.1 Å². The summed E-state index contributed by atoms with van der Waals surface area (Å²) in [4.78, 5) is 13.9. The highest BCUT2D eigenvalue weighted by molar-refractivity contribution is 6.29. The van der Waals surface area contributed by atoms with E-state index in [1.807, 2.05) is 0 Å². The smallest absolute Gasteiger partial charge is 0.309 e. The highest BCUT2D eigenvalue weighted by Gasteiger charge is 2.16. The maximum absolute atomic E-state index is 12.3. The molecule has 76 valence electrons. The van der Waals surface area contributed by atoms with Crippen LogP contribution in [0.15, 0.2) is 12.1 Å². The lowest BCUT2D eigenvalue weighted by Gasteiger charge is -2.05. The summed E-state index contributed by atoms with van der Waals surface area (Å²) >= 11 is 5.46. The van der Waals surface area contributed by atoms with E-state index in [0.717, 1.165) is 6.07 Å². The third-order valence-corrected chi connectivity index (χ3v) is 1.74. The fraction of sp³-hybridized carbons (Fsp3) is 0.250. The summed E-state index contributed by atoms with van der Waals surface area (Å²) in [7, 11) is 0. The van der Waals surface area contributed by atoms with Crippen LogP contribution in [0, 0.1) is 0 Å². The van der Waals surface area contributed by atoms with Crippen molar-refractivity contribution in [3.63, 3.8) is 0 Å². The van der Waals surface area contributed by atoms with Crippen LogP contribution in [-0.2, 0) is 11.2 Å². The van der Waals surface area contributed by atoms with Crippen molar-refractivity contribution in [3.05, 3.63) is 28.5 Å². The summed E-state index contributed by atoms with van der Waals surface area (Å²) in [6, 6.07) is 2.28.